The third kappa shape index (κ3) is 2.72. The van der Waals surface area contributed by atoms with Gasteiger partial charge in [-0.2, -0.15) is 0 Å². The van der Waals surface area contributed by atoms with E-state index in [9.17, 15) is 0 Å². The molecule has 2 aromatic rings. The topological polar surface area (TPSA) is 39.1 Å². The summed E-state index contributed by atoms with van der Waals surface area (Å²) in [6.45, 7) is 4.85. The Morgan fingerprint density at radius 2 is 2.16 bits per heavy atom. The zero-order valence-corrected chi connectivity index (χ0v) is 11.2. The second-order valence-electron chi connectivity index (χ2n) is 4.90. The Morgan fingerprint density at radius 3 is 3.00 bits per heavy atom. The van der Waals surface area contributed by atoms with Gasteiger partial charge in [0.25, 0.3) is 0 Å². The second-order valence-corrected chi connectivity index (χ2v) is 4.90. The van der Waals surface area contributed by atoms with Gasteiger partial charge in [0.15, 0.2) is 0 Å². The van der Waals surface area contributed by atoms with Crippen LogP contribution >= 0.6 is 0 Å². The van der Waals surface area contributed by atoms with Gasteiger partial charge in [-0.3, -0.25) is 0 Å². The molecule has 1 aromatic carbocycles. The highest BCUT2D eigenvalue weighted by molar-refractivity contribution is 5.36. The largest absolute Gasteiger partial charge is 0.493 e. The highest BCUT2D eigenvalue weighted by Gasteiger charge is 2.12. The van der Waals surface area contributed by atoms with Crippen molar-refractivity contribution in [2.24, 2.45) is 0 Å². The van der Waals surface area contributed by atoms with Crippen molar-refractivity contribution in [3.8, 4) is 5.75 Å². The van der Waals surface area contributed by atoms with Crippen molar-refractivity contribution in [3.63, 3.8) is 0 Å². The van der Waals surface area contributed by atoms with Crippen LogP contribution in [0.2, 0.25) is 0 Å². The zero-order chi connectivity index (χ0) is 13.1. The van der Waals surface area contributed by atoms with E-state index in [1.165, 1.54) is 5.56 Å². The summed E-state index contributed by atoms with van der Waals surface area (Å²) in [7, 11) is 0. The van der Waals surface area contributed by atoms with Gasteiger partial charge in [-0.15, -0.1) is 0 Å². The van der Waals surface area contributed by atoms with E-state index in [0.29, 0.717) is 6.61 Å². The molecule has 1 aromatic heterocycles. The van der Waals surface area contributed by atoms with E-state index in [-0.39, 0.29) is 0 Å². The Hall–Kier alpha value is -1.97. The summed E-state index contributed by atoms with van der Waals surface area (Å²) >= 11 is 0. The van der Waals surface area contributed by atoms with Gasteiger partial charge in [-0.05, 0) is 25.5 Å². The number of aryl methyl sites for hydroxylation is 1. The molecule has 0 amide bonds. The highest BCUT2D eigenvalue weighted by Crippen LogP contribution is 2.17. The number of ether oxygens (including phenoxy) is 1. The standard InChI is InChI=1S/C15H19N3O/c1-12-3-5-13(6-4-12)19-10-7-14-17-11-15-16-8-2-9-18(14)15/h3-6,11,16H,2,7-10H2,1H3. The molecule has 0 unspecified atom stereocenters. The molecule has 1 aliphatic heterocycles. The molecule has 0 fully saturated rings. The summed E-state index contributed by atoms with van der Waals surface area (Å²) in [5, 5.41) is 3.36. The summed E-state index contributed by atoms with van der Waals surface area (Å²) in [6.07, 6.45) is 3.92. The molecule has 0 radical (unpaired) electrons. The van der Waals surface area contributed by atoms with Crippen molar-refractivity contribution >= 4 is 5.82 Å². The molecular formula is C15H19N3O. The van der Waals surface area contributed by atoms with Gasteiger partial charge in [0.1, 0.15) is 17.4 Å². The van der Waals surface area contributed by atoms with Crippen LogP contribution in [0.4, 0.5) is 5.82 Å². The maximum atomic E-state index is 5.75. The van der Waals surface area contributed by atoms with E-state index >= 15 is 0 Å². The average Bonchev–Trinajstić information content (AvgIpc) is 2.85. The molecule has 1 N–H and O–H groups in total. The van der Waals surface area contributed by atoms with Crippen LogP contribution in [0.25, 0.3) is 0 Å². The van der Waals surface area contributed by atoms with E-state index in [4.69, 9.17) is 4.74 Å². The van der Waals surface area contributed by atoms with Crippen LogP contribution in [0.15, 0.2) is 30.5 Å². The molecule has 3 rings (SSSR count). The van der Waals surface area contributed by atoms with E-state index in [0.717, 1.165) is 43.3 Å². The fourth-order valence-electron chi connectivity index (χ4n) is 2.35. The molecule has 0 saturated heterocycles. The van der Waals surface area contributed by atoms with Crippen molar-refractivity contribution in [1.82, 2.24) is 9.55 Å². The number of rotatable bonds is 4. The number of fused-ring (bicyclic) bond motifs is 1. The first-order valence-corrected chi connectivity index (χ1v) is 6.81. The van der Waals surface area contributed by atoms with Gasteiger partial charge in [0.05, 0.1) is 12.8 Å². The van der Waals surface area contributed by atoms with Gasteiger partial charge in [0, 0.05) is 19.5 Å². The van der Waals surface area contributed by atoms with Gasteiger partial charge in [0.2, 0.25) is 0 Å². The fraction of sp³-hybridized carbons (Fsp3) is 0.400. The number of benzene rings is 1. The Morgan fingerprint density at radius 1 is 1.32 bits per heavy atom. The lowest BCUT2D eigenvalue weighted by atomic mass is 10.2. The summed E-state index contributed by atoms with van der Waals surface area (Å²) < 4.78 is 8.00. The number of nitrogens with zero attached hydrogens (tertiary/aromatic N) is 2. The molecule has 4 nitrogen and oxygen atoms in total. The first kappa shape index (κ1) is 12.1. The molecule has 0 bridgehead atoms. The summed E-state index contributed by atoms with van der Waals surface area (Å²) in [4.78, 5) is 4.46. The smallest absolute Gasteiger partial charge is 0.126 e. The normalized spacial score (nSPS) is 13.7. The van der Waals surface area contributed by atoms with Gasteiger partial charge >= 0.3 is 0 Å². The van der Waals surface area contributed by atoms with Gasteiger partial charge in [-0.25, -0.2) is 4.98 Å². The molecule has 100 valence electrons. The second kappa shape index (κ2) is 5.34. The Labute approximate surface area is 113 Å². The third-order valence-electron chi connectivity index (χ3n) is 3.42. The third-order valence-corrected chi connectivity index (χ3v) is 3.42. The van der Waals surface area contributed by atoms with Crippen molar-refractivity contribution in [2.45, 2.75) is 26.3 Å². The highest BCUT2D eigenvalue weighted by atomic mass is 16.5. The van der Waals surface area contributed by atoms with Crippen LogP contribution in [-0.2, 0) is 13.0 Å². The maximum absolute atomic E-state index is 5.75. The fourth-order valence-corrected chi connectivity index (χ4v) is 2.35. The van der Waals surface area contributed by atoms with Crippen LogP contribution in [0, 0.1) is 6.92 Å². The van der Waals surface area contributed by atoms with Crippen molar-refractivity contribution < 1.29 is 4.74 Å². The van der Waals surface area contributed by atoms with Crippen LogP contribution in [0.1, 0.15) is 17.8 Å². The average molecular weight is 257 g/mol. The quantitative estimate of drug-likeness (QED) is 0.915. The Bertz CT molecular complexity index is 545. The molecule has 19 heavy (non-hydrogen) atoms. The lowest BCUT2D eigenvalue weighted by molar-refractivity contribution is 0.316. The van der Waals surface area contributed by atoms with Crippen molar-refractivity contribution in [1.29, 1.82) is 0 Å². The first-order chi connectivity index (χ1) is 9.33. The summed E-state index contributed by atoms with van der Waals surface area (Å²) in [5.41, 5.74) is 1.25. The SMILES string of the molecule is Cc1ccc(OCCc2ncc3n2CCCN3)cc1. The number of hydrogen-bond donors (Lipinski definition) is 1. The van der Waals surface area contributed by atoms with Gasteiger partial charge in [-0.1, -0.05) is 17.7 Å². The lowest BCUT2D eigenvalue weighted by Crippen LogP contribution is -2.19. The lowest BCUT2D eigenvalue weighted by Gasteiger charge is -2.18. The number of nitrogens with one attached hydrogen (secondary N) is 1. The minimum atomic E-state index is 0.666. The minimum Gasteiger partial charge on any atom is -0.493 e. The van der Waals surface area contributed by atoms with E-state index in [2.05, 4.69) is 33.9 Å². The number of hydrogen-bond acceptors (Lipinski definition) is 3. The molecule has 0 atom stereocenters. The number of aromatic nitrogens is 2. The molecule has 4 heteroatoms. The predicted molar refractivity (Wildman–Crippen MR) is 75.7 cm³/mol. The van der Waals surface area contributed by atoms with Crippen LogP contribution in [0.5, 0.6) is 5.75 Å². The van der Waals surface area contributed by atoms with Crippen LogP contribution < -0.4 is 10.1 Å². The molecular weight excluding hydrogens is 238 g/mol. The molecule has 2 heterocycles. The monoisotopic (exact) mass is 257 g/mol. The molecule has 0 aliphatic carbocycles. The van der Waals surface area contributed by atoms with E-state index < -0.39 is 0 Å². The number of imidazole rings is 1. The molecule has 0 saturated carbocycles. The summed E-state index contributed by atoms with van der Waals surface area (Å²) in [6, 6.07) is 8.16. The van der Waals surface area contributed by atoms with Gasteiger partial charge < -0.3 is 14.6 Å². The minimum absolute atomic E-state index is 0.666. The van der Waals surface area contributed by atoms with Crippen molar-refractivity contribution in [3.05, 3.63) is 41.9 Å². The summed E-state index contributed by atoms with van der Waals surface area (Å²) in [5.74, 6) is 3.17. The molecule has 0 spiro atoms. The Kier molecular flexibility index (Phi) is 3.40. The van der Waals surface area contributed by atoms with Crippen LogP contribution in [-0.4, -0.2) is 22.7 Å². The maximum Gasteiger partial charge on any atom is 0.126 e. The van der Waals surface area contributed by atoms with Crippen molar-refractivity contribution in [2.75, 3.05) is 18.5 Å². The predicted octanol–water partition coefficient (Wildman–Crippen LogP) is 2.63. The van der Waals surface area contributed by atoms with Crippen LogP contribution in [0.3, 0.4) is 0 Å². The number of anilines is 1. The Balaban J connectivity index is 1.57. The molecule has 1 aliphatic rings. The van der Waals surface area contributed by atoms with E-state index in [1.807, 2.05) is 18.3 Å². The first-order valence-electron chi connectivity index (χ1n) is 6.81. The zero-order valence-electron chi connectivity index (χ0n) is 11.2. The van der Waals surface area contributed by atoms with E-state index in [1.54, 1.807) is 0 Å².